The number of ketones is 1. The summed E-state index contributed by atoms with van der Waals surface area (Å²) in [6, 6.07) is 16.9. The molecule has 1 aliphatic carbocycles. The lowest BCUT2D eigenvalue weighted by Gasteiger charge is -2.51. The minimum Gasteiger partial charge on any atom is -0.507 e. The summed E-state index contributed by atoms with van der Waals surface area (Å²) in [4.78, 5) is 12.8. The molecule has 1 N–H and O–H groups in total. The number of benzene rings is 2. The van der Waals surface area contributed by atoms with Crippen LogP contribution < -0.4 is 0 Å². The van der Waals surface area contributed by atoms with E-state index in [1.165, 1.54) is 0 Å². The lowest BCUT2D eigenvalue weighted by molar-refractivity contribution is 0.0524. The van der Waals surface area contributed by atoms with Crippen LogP contribution in [0.3, 0.4) is 0 Å². The molecule has 0 spiro atoms. The van der Waals surface area contributed by atoms with Crippen molar-refractivity contribution in [1.29, 1.82) is 0 Å². The quantitative estimate of drug-likeness (QED) is 0.662. The van der Waals surface area contributed by atoms with Gasteiger partial charge < -0.3 is 5.11 Å². The molecule has 0 radical (unpaired) electrons. The van der Waals surface area contributed by atoms with Crippen molar-refractivity contribution < 1.29 is 9.90 Å². The Bertz CT molecular complexity index is 705. The molecular formula is C20H20O2. The maximum absolute atomic E-state index is 12.8. The van der Waals surface area contributed by atoms with Gasteiger partial charge in [-0.1, -0.05) is 55.5 Å². The highest BCUT2D eigenvalue weighted by molar-refractivity contribution is 6.01. The Balaban J connectivity index is 1.96. The average molecular weight is 292 g/mol. The van der Waals surface area contributed by atoms with E-state index in [1.807, 2.05) is 24.3 Å². The summed E-state index contributed by atoms with van der Waals surface area (Å²) in [6.45, 7) is 6.10. The van der Waals surface area contributed by atoms with Crippen LogP contribution in [0.2, 0.25) is 0 Å². The second-order valence-corrected chi connectivity index (χ2v) is 6.29. The summed E-state index contributed by atoms with van der Waals surface area (Å²) < 4.78 is 0. The van der Waals surface area contributed by atoms with Crippen LogP contribution in [0.5, 0.6) is 5.75 Å². The summed E-state index contributed by atoms with van der Waals surface area (Å²) in [6.07, 6.45) is 2.72. The first-order chi connectivity index (χ1) is 10.6. The molecule has 1 saturated carbocycles. The topological polar surface area (TPSA) is 37.3 Å². The first-order valence-electron chi connectivity index (χ1n) is 7.57. The molecule has 3 atom stereocenters. The Morgan fingerprint density at radius 2 is 1.82 bits per heavy atom. The molecule has 3 rings (SSSR count). The lowest BCUT2D eigenvalue weighted by atomic mass is 9.51. The van der Waals surface area contributed by atoms with Gasteiger partial charge in [-0.25, -0.2) is 0 Å². The van der Waals surface area contributed by atoms with Gasteiger partial charge in [-0.2, -0.15) is 0 Å². The summed E-state index contributed by atoms with van der Waals surface area (Å²) in [7, 11) is 0. The van der Waals surface area contributed by atoms with Gasteiger partial charge in [0.2, 0.25) is 0 Å². The van der Waals surface area contributed by atoms with E-state index in [1.54, 1.807) is 24.3 Å². The number of hydrogen-bond donors (Lipinski definition) is 1. The number of para-hydroxylation sites is 1. The summed E-state index contributed by atoms with van der Waals surface area (Å²) in [5.74, 6) is 0.0785. The van der Waals surface area contributed by atoms with Gasteiger partial charge in [0, 0.05) is 11.8 Å². The zero-order valence-electron chi connectivity index (χ0n) is 12.7. The highest BCUT2D eigenvalue weighted by atomic mass is 16.3. The fourth-order valence-corrected chi connectivity index (χ4v) is 3.63. The molecule has 2 aromatic carbocycles. The fraction of sp³-hybridized carbons (Fsp3) is 0.250. The van der Waals surface area contributed by atoms with Crippen molar-refractivity contribution in [1.82, 2.24) is 0 Å². The maximum atomic E-state index is 12.8. The summed E-state index contributed by atoms with van der Waals surface area (Å²) in [5.41, 5.74) is 1.50. The molecule has 2 heteroatoms. The van der Waals surface area contributed by atoms with Gasteiger partial charge in [0.25, 0.3) is 0 Å². The van der Waals surface area contributed by atoms with E-state index in [-0.39, 0.29) is 28.8 Å². The number of phenols is 1. The van der Waals surface area contributed by atoms with Crippen LogP contribution in [-0.4, -0.2) is 10.9 Å². The van der Waals surface area contributed by atoms with Gasteiger partial charge in [-0.15, -0.1) is 6.58 Å². The minimum atomic E-state index is -0.112. The monoisotopic (exact) mass is 292 g/mol. The second-order valence-electron chi connectivity index (χ2n) is 6.29. The van der Waals surface area contributed by atoms with E-state index in [0.717, 1.165) is 12.0 Å². The molecule has 112 valence electrons. The number of carbonyl (C=O) groups is 1. The Labute approximate surface area is 131 Å². The Hall–Kier alpha value is -2.35. The number of hydrogen-bond acceptors (Lipinski definition) is 2. The summed E-state index contributed by atoms with van der Waals surface area (Å²) >= 11 is 0. The number of aromatic hydroxyl groups is 1. The van der Waals surface area contributed by atoms with Crippen molar-refractivity contribution in [2.75, 3.05) is 0 Å². The number of Topliss-reactive ketones (excluding diaryl/α,β-unsaturated/α-hetero) is 1. The van der Waals surface area contributed by atoms with E-state index >= 15 is 0 Å². The average Bonchev–Trinajstić information content (AvgIpc) is 2.53. The van der Waals surface area contributed by atoms with Crippen molar-refractivity contribution in [3.05, 3.63) is 78.4 Å². The van der Waals surface area contributed by atoms with Crippen molar-refractivity contribution in [2.45, 2.75) is 19.3 Å². The summed E-state index contributed by atoms with van der Waals surface area (Å²) in [5, 5.41) is 9.95. The van der Waals surface area contributed by atoms with Gasteiger partial charge >= 0.3 is 0 Å². The maximum Gasteiger partial charge on any atom is 0.170 e. The second kappa shape index (κ2) is 5.45. The van der Waals surface area contributed by atoms with E-state index < -0.39 is 0 Å². The first kappa shape index (κ1) is 14.6. The molecule has 0 heterocycles. The van der Waals surface area contributed by atoms with Gasteiger partial charge in [0.1, 0.15) is 5.75 Å². The van der Waals surface area contributed by atoms with Crippen LogP contribution in [0.25, 0.3) is 0 Å². The zero-order valence-corrected chi connectivity index (χ0v) is 12.7. The normalized spacial score (nSPS) is 27.0. The van der Waals surface area contributed by atoms with Gasteiger partial charge in [0.15, 0.2) is 5.78 Å². The molecule has 1 aliphatic rings. The standard InChI is InChI=1S/C20H20O2/c1-3-20(2)13-16(18(20)14-9-5-4-6-10-14)19(22)15-11-7-8-12-17(15)21/h3-12,16,18,21H,1,13H2,2H3/t16-,18+,20+/m1/s1. The van der Waals surface area contributed by atoms with E-state index in [4.69, 9.17) is 0 Å². The SMILES string of the molecule is C=C[C@@]1(C)C[C@@H](C(=O)c2ccccc2O)[C@@H]1c1ccccc1. The van der Waals surface area contributed by atoms with E-state index in [2.05, 4.69) is 25.6 Å². The highest BCUT2D eigenvalue weighted by Crippen LogP contribution is 2.58. The van der Waals surface area contributed by atoms with E-state index in [0.29, 0.717) is 5.56 Å². The minimum absolute atomic E-state index is 0.0197. The molecule has 0 saturated heterocycles. The first-order valence-corrected chi connectivity index (χ1v) is 7.57. The van der Waals surface area contributed by atoms with Crippen molar-refractivity contribution in [2.24, 2.45) is 11.3 Å². The Kier molecular flexibility index (Phi) is 3.61. The number of allylic oxidation sites excluding steroid dienone is 1. The largest absolute Gasteiger partial charge is 0.507 e. The van der Waals surface area contributed by atoms with Gasteiger partial charge in [-0.3, -0.25) is 4.79 Å². The van der Waals surface area contributed by atoms with Crippen LogP contribution >= 0.6 is 0 Å². The van der Waals surface area contributed by atoms with Crippen molar-refractivity contribution in [3.8, 4) is 5.75 Å². The molecule has 1 fully saturated rings. The highest BCUT2D eigenvalue weighted by Gasteiger charge is 2.52. The molecule has 0 amide bonds. The molecular weight excluding hydrogens is 272 g/mol. The lowest BCUT2D eigenvalue weighted by Crippen LogP contribution is -2.46. The van der Waals surface area contributed by atoms with Crippen molar-refractivity contribution >= 4 is 5.78 Å². The number of carbonyl (C=O) groups excluding carboxylic acids is 1. The van der Waals surface area contributed by atoms with Gasteiger partial charge in [-0.05, 0) is 29.5 Å². The Morgan fingerprint density at radius 1 is 1.18 bits per heavy atom. The third-order valence-electron chi connectivity index (χ3n) is 4.90. The molecule has 0 aromatic heterocycles. The molecule has 2 aromatic rings. The van der Waals surface area contributed by atoms with Crippen LogP contribution in [0.1, 0.15) is 35.2 Å². The molecule has 0 bridgehead atoms. The van der Waals surface area contributed by atoms with Crippen molar-refractivity contribution in [3.63, 3.8) is 0 Å². The number of phenolic OH excluding ortho intramolecular Hbond substituents is 1. The third kappa shape index (κ3) is 2.25. The number of rotatable bonds is 4. The van der Waals surface area contributed by atoms with E-state index in [9.17, 15) is 9.90 Å². The molecule has 0 unspecified atom stereocenters. The molecule has 2 nitrogen and oxygen atoms in total. The molecule has 22 heavy (non-hydrogen) atoms. The molecule has 0 aliphatic heterocycles. The zero-order chi connectivity index (χ0) is 15.7. The fourth-order valence-electron chi connectivity index (χ4n) is 3.63. The van der Waals surface area contributed by atoms with Crippen LogP contribution in [0.15, 0.2) is 67.3 Å². The van der Waals surface area contributed by atoms with Crippen LogP contribution in [0.4, 0.5) is 0 Å². The third-order valence-corrected chi connectivity index (χ3v) is 4.90. The predicted octanol–water partition coefficient (Wildman–Crippen LogP) is 4.57. The predicted molar refractivity (Wildman–Crippen MR) is 88.0 cm³/mol. The van der Waals surface area contributed by atoms with Gasteiger partial charge in [0.05, 0.1) is 5.56 Å². The smallest absolute Gasteiger partial charge is 0.170 e. The van der Waals surface area contributed by atoms with Crippen LogP contribution in [-0.2, 0) is 0 Å². The Morgan fingerprint density at radius 3 is 2.45 bits per heavy atom. The van der Waals surface area contributed by atoms with Crippen LogP contribution in [0, 0.1) is 11.3 Å².